The number of likely N-dealkylation sites (N-methyl/N-ethyl adjacent to an activating group) is 1. The lowest BCUT2D eigenvalue weighted by atomic mass is 10.0. The van der Waals surface area contributed by atoms with Gasteiger partial charge in [-0.2, -0.15) is 0 Å². The van der Waals surface area contributed by atoms with Crippen LogP contribution in [-0.2, 0) is 6.42 Å². The molecule has 18 heavy (non-hydrogen) atoms. The Morgan fingerprint density at radius 3 is 2.61 bits per heavy atom. The minimum Gasteiger partial charge on any atom is -0.486 e. The fourth-order valence-electron chi connectivity index (χ4n) is 2.05. The predicted octanol–water partition coefficient (Wildman–Crippen LogP) is 0.661. The van der Waals surface area contributed by atoms with Gasteiger partial charge in [0.1, 0.15) is 13.2 Å². The smallest absolute Gasteiger partial charge is 0.161 e. The fourth-order valence-corrected chi connectivity index (χ4v) is 2.05. The molecular weight excluding hydrogens is 230 g/mol. The minimum atomic E-state index is 0.631. The van der Waals surface area contributed by atoms with Gasteiger partial charge in [0.2, 0.25) is 0 Å². The lowest BCUT2D eigenvalue weighted by molar-refractivity contribution is 0.171. The molecule has 1 aliphatic rings. The van der Waals surface area contributed by atoms with Crippen LogP contribution in [0.25, 0.3) is 0 Å². The van der Waals surface area contributed by atoms with Gasteiger partial charge in [0, 0.05) is 6.54 Å². The van der Waals surface area contributed by atoms with Crippen molar-refractivity contribution in [1.29, 1.82) is 0 Å². The Morgan fingerprint density at radius 1 is 1.28 bits per heavy atom. The summed E-state index contributed by atoms with van der Waals surface area (Å²) in [7, 11) is 2.03. The van der Waals surface area contributed by atoms with Crippen LogP contribution in [0.3, 0.4) is 0 Å². The van der Waals surface area contributed by atoms with E-state index >= 15 is 0 Å². The van der Waals surface area contributed by atoms with E-state index in [0.717, 1.165) is 24.5 Å². The van der Waals surface area contributed by atoms with Crippen LogP contribution in [0.4, 0.5) is 0 Å². The normalized spacial score (nSPS) is 14.0. The third kappa shape index (κ3) is 3.13. The highest BCUT2D eigenvalue weighted by atomic mass is 16.6. The van der Waals surface area contributed by atoms with E-state index in [9.17, 15) is 0 Å². The summed E-state index contributed by atoms with van der Waals surface area (Å²) in [5, 5.41) is 0. The SMILES string of the molecule is Cc1cc2c(cc1CCN(C)CNN)OCCO2. The monoisotopic (exact) mass is 251 g/mol. The summed E-state index contributed by atoms with van der Waals surface area (Å²) >= 11 is 0. The molecule has 100 valence electrons. The molecule has 0 unspecified atom stereocenters. The van der Waals surface area contributed by atoms with E-state index < -0.39 is 0 Å². The van der Waals surface area contributed by atoms with E-state index in [2.05, 4.69) is 29.4 Å². The molecule has 2 rings (SSSR count). The van der Waals surface area contributed by atoms with Crippen molar-refractivity contribution < 1.29 is 9.47 Å². The first-order valence-corrected chi connectivity index (χ1v) is 6.22. The number of nitrogens with two attached hydrogens (primary N) is 1. The minimum absolute atomic E-state index is 0.631. The van der Waals surface area contributed by atoms with Crippen LogP contribution >= 0.6 is 0 Å². The van der Waals surface area contributed by atoms with Crippen LogP contribution in [-0.4, -0.2) is 38.4 Å². The van der Waals surface area contributed by atoms with E-state index in [0.29, 0.717) is 19.9 Å². The lowest BCUT2D eigenvalue weighted by Crippen LogP contribution is -2.36. The quantitative estimate of drug-likeness (QED) is 0.457. The molecule has 1 aromatic carbocycles. The molecule has 1 heterocycles. The van der Waals surface area contributed by atoms with Crippen LogP contribution < -0.4 is 20.7 Å². The molecule has 0 spiro atoms. The molecule has 0 saturated heterocycles. The van der Waals surface area contributed by atoms with Gasteiger partial charge in [0.15, 0.2) is 11.5 Å². The molecule has 0 aliphatic carbocycles. The second kappa shape index (κ2) is 6.04. The van der Waals surface area contributed by atoms with E-state index in [-0.39, 0.29) is 0 Å². The van der Waals surface area contributed by atoms with Crippen molar-refractivity contribution >= 4 is 0 Å². The number of hydrogen-bond donors (Lipinski definition) is 2. The first kappa shape index (κ1) is 13.1. The number of hydrogen-bond acceptors (Lipinski definition) is 5. The van der Waals surface area contributed by atoms with Crippen LogP contribution in [0.15, 0.2) is 12.1 Å². The Bertz CT molecular complexity index is 409. The highest BCUT2D eigenvalue weighted by Gasteiger charge is 2.14. The van der Waals surface area contributed by atoms with Crippen molar-refractivity contribution in [1.82, 2.24) is 10.3 Å². The Balaban J connectivity index is 2.04. The first-order valence-electron chi connectivity index (χ1n) is 6.22. The molecule has 0 fully saturated rings. The Morgan fingerprint density at radius 2 is 1.94 bits per heavy atom. The summed E-state index contributed by atoms with van der Waals surface area (Å²) in [6.45, 7) is 5.01. The third-order valence-electron chi connectivity index (χ3n) is 3.12. The summed E-state index contributed by atoms with van der Waals surface area (Å²) in [6.07, 6.45) is 0.973. The summed E-state index contributed by atoms with van der Waals surface area (Å²) in [4.78, 5) is 2.14. The van der Waals surface area contributed by atoms with Gasteiger partial charge >= 0.3 is 0 Å². The van der Waals surface area contributed by atoms with Crippen LogP contribution in [0.1, 0.15) is 11.1 Å². The Labute approximate surface area is 108 Å². The highest BCUT2D eigenvalue weighted by Crippen LogP contribution is 2.33. The van der Waals surface area contributed by atoms with Gasteiger partial charge in [-0.25, -0.2) is 5.43 Å². The lowest BCUT2D eigenvalue weighted by Gasteiger charge is -2.21. The number of fused-ring (bicyclic) bond motifs is 1. The van der Waals surface area contributed by atoms with Gasteiger partial charge in [-0.3, -0.25) is 10.7 Å². The van der Waals surface area contributed by atoms with E-state index in [1.54, 1.807) is 0 Å². The molecule has 0 saturated carbocycles. The van der Waals surface area contributed by atoms with Crippen LogP contribution in [0, 0.1) is 6.92 Å². The molecular formula is C13H21N3O2. The largest absolute Gasteiger partial charge is 0.486 e. The summed E-state index contributed by atoms with van der Waals surface area (Å²) in [5.74, 6) is 7.01. The van der Waals surface area contributed by atoms with Crippen molar-refractivity contribution in [3.63, 3.8) is 0 Å². The standard InChI is InChI=1S/C13H21N3O2/c1-10-7-12-13(18-6-5-17-12)8-11(10)3-4-16(2)9-15-14/h7-8,15H,3-6,9,14H2,1-2H3. The molecule has 0 bridgehead atoms. The van der Waals surface area contributed by atoms with Gasteiger partial charge in [-0.15, -0.1) is 0 Å². The van der Waals surface area contributed by atoms with Crippen LogP contribution in [0.5, 0.6) is 11.5 Å². The number of ether oxygens (including phenoxy) is 2. The number of nitrogens with zero attached hydrogens (tertiary/aromatic N) is 1. The van der Waals surface area contributed by atoms with Gasteiger partial charge < -0.3 is 9.47 Å². The van der Waals surface area contributed by atoms with Gasteiger partial charge in [0.25, 0.3) is 0 Å². The second-order valence-electron chi connectivity index (χ2n) is 4.61. The highest BCUT2D eigenvalue weighted by molar-refractivity contribution is 5.47. The van der Waals surface area contributed by atoms with Gasteiger partial charge in [-0.05, 0) is 43.7 Å². The molecule has 3 N–H and O–H groups in total. The van der Waals surface area contributed by atoms with Gasteiger partial charge in [0.05, 0.1) is 6.67 Å². The Hall–Kier alpha value is -1.30. The zero-order valence-electron chi connectivity index (χ0n) is 11.0. The average Bonchev–Trinajstić information content (AvgIpc) is 2.36. The first-order chi connectivity index (χ1) is 8.70. The van der Waals surface area contributed by atoms with E-state index in [4.69, 9.17) is 15.3 Å². The molecule has 5 nitrogen and oxygen atoms in total. The number of aryl methyl sites for hydroxylation is 1. The number of hydrazine groups is 1. The zero-order chi connectivity index (χ0) is 13.0. The molecule has 0 aromatic heterocycles. The molecule has 1 aliphatic heterocycles. The fraction of sp³-hybridized carbons (Fsp3) is 0.538. The number of rotatable bonds is 5. The van der Waals surface area contributed by atoms with E-state index in [1.807, 2.05) is 7.05 Å². The average molecular weight is 251 g/mol. The molecule has 0 atom stereocenters. The number of benzene rings is 1. The van der Waals surface area contributed by atoms with Gasteiger partial charge in [-0.1, -0.05) is 0 Å². The second-order valence-corrected chi connectivity index (χ2v) is 4.61. The summed E-state index contributed by atoms with van der Waals surface area (Å²) in [6, 6.07) is 4.15. The maximum absolute atomic E-state index is 5.60. The summed E-state index contributed by atoms with van der Waals surface area (Å²) < 4.78 is 11.2. The maximum Gasteiger partial charge on any atom is 0.161 e. The maximum atomic E-state index is 5.60. The van der Waals surface area contributed by atoms with Crippen molar-refractivity contribution in [2.24, 2.45) is 5.84 Å². The van der Waals surface area contributed by atoms with Crippen molar-refractivity contribution in [2.75, 3.05) is 33.5 Å². The molecule has 0 amide bonds. The number of nitrogens with one attached hydrogen (secondary N) is 1. The molecule has 5 heteroatoms. The zero-order valence-corrected chi connectivity index (χ0v) is 11.0. The summed E-state index contributed by atoms with van der Waals surface area (Å²) in [5.41, 5.74) is 5.19. The van der Waals surface area contributed by atoms with Crippen molar-refractivity contribution in [3.05, 3.63) is 23.3 Å². The van der Waals surface area contributed by atoms with E-state index in [1.165, 1.54) is 11.1 Å². The van der Waals surface area contributed by atoms with Crippen molar-refractivity contribution in [2.45, 2.75) is 13.3 Å². The van der Waals surface area contributed by atoms with Crippen molar-refractivity contribution in [3.8, 4) is 11.5 Å². The topological polar surface area (TPSA) is 59.8 Å². The predicted molar refractivity (Wildman–Crippen MR) is 70.7 cm³/mol. The third-order valence-corrected chi connectivity index (χ3v) is 3.12. The van der Waals surface area contributed by atoms with Crippen LogP contribution in [0.2, 0.25) is 0 Å². The molecule has 1 aromatic rings. The Kier molecular flexibility index (Phi) is 4.41. The molecule has 0 radical (unpaired) electrons.